The lowest BCUT2D eigenvalue weighted by molar-refractivity contribution is -0.281. The average Bonchev–Trinajstić information content (AvgIpc) is 3.04. The fourth-order valence-corrected chi connectivity index (χ4v) is 3.46. The summed E-state index contributed by atoms with van der Waals surface area (Å²) in [7, 11) is 0. The van der Waals surface area contributed by atoms with E-state index in [9.17, 15) is 0 Å². The van der Waals surface area contributed by atoms with Crippen molar-refractivity contribution in [2.24, 2.45) is 5.41 Å². The topological polar surface area (TPSA) is 18.5 Å². The van der Waals surface area contributed by atoms with E-state index >= 15 is 0 Å². The molecule has 0 atom stereocenters. The molecule has 114 valence electrons. The second kappa shape index (κ2) is 6.80. The van der Waals surface area contributed by atoms with Gasteiger partial charge in [-0.25, -0.2) is 0 Å². The van der Waals surface area contributed by atoms with Gasteiger partial charge in [0.05, 0.1) is 18.1 Å². The van der Waals surface area contributed by atoms with E-state index in [2.05, 4.69) is 46.4 Å². The van der Waals surface area contributed by atoms with E-state index in [-0.39, 0.29) is 17.8 Å². The molecule has 2 heterocycles. The lowest BCUT2D eigenvalue weighted by Crippen LogP contribution is -2.47. The van der Waals surface area contributed by atoms with Gasteiger partial charge in [-0.2, -0.15) is 0 Å². The van der Waals surface area contributed by atoms with Crippen LogP contribution in [0.5, 0.6) is 0 Å². The molecule has 1 aromatic heterocycles. The molecule has 0 aliphatic carbocycles. The lowest BCUT2D eigenvalue weighted by atomic mass is 9.93. The van der Waals surface area contributed by atoms with Gasteiger partial charge in [-0.15, -0.1) is 23.7 Å². The number of thiophene rings is 1. The van der Waals surface area contributed by atoms with Crippen molar-refractivity contribution in [3.8, 4) is 0 Å². The van der Waals surface area contributed by atoms with Gasteiger partial charge < -0.3 is 9.47 Å². The smallest absolute Gasteiger partial charge is 0.231 e. The summed E-state index contributed by atoms with van der Waals surface area (Å²) in [6, 6.07) is 14.3. The third-order valence-electron chi connectivity index (χ3n) is 3.57. The zero-order valence-electron chi connectivity index (χ0n) is 11.8. The van der Waals surface area contributed by atoms with Gasteiger partial charge in [0, 0.05) is 16.3 Å². The van der Waals surface area contributed by atoms with Gasteiger partial charge in [0.15, 0.2) is 0 Å². The molecule has 5 heteroatoms. The van der Waals surface area contributed by atoms with Crippen molar-refractivity contribution in [2.45, 2.75) is 12.7 Å². The maximum absolute atomic E-state index is 6.26. The predicted octanol–water partition coefficient (Wildman–Crippen LogP) is 4.82. The number of rotatable bonds is 3. The fourth-order valence-electron chi connectivity index (χ4n) is 2.29. The van der Waals surface area contributed by atoms with Crippen LogP contribution in [-0.4, -0.2) is 18.5 Å². The van der Waals surface area contributed by atoms with Crippen LogP contribution >= 0.6 is 39.7 Å². The monoisotopic (exact) mass is 388 g/mol. The van der Waals surface area contributed by atoms with Crippen LogP contribution in [0.25, 0.3) is 0 Å². The zero-order valence-corrected chi connectivity index (χ0v) is 15.0. The minimum absolute atomic E-state index is 0. The minimum Gasteiger partial charge on any atom is -0.341 e. The Labute approximate surface area is 144 Å². The first kappa shape index (κ1) is 17.0. The van der Waals surface area contributed by atoms with Crippen LogP contribution in [0.15, 0.2) is 47.8 Å². The number of halogens is 2. The summed E-state index contributed by atoms with van der Waals surface area (Å²) >= 11 is 5.22. The van der Waals surface area contributed by atoms with Crippen LogP contribution in [0.2, 0.25) is 0 Å². The third-order valence-corrected chi connectivity index (χ3v) is 5.88. The van der Waals surface area contributed by atoms with E-state index in [0.717, 1.165) is 15.8 Å². The van der Waals surface area contributed by atoms with E-state index in [0.29, 0.717) is 13.2 Å². The first-order chi connectivity index (χ1) is 9.69. The highest BCUT2D eigenvalue weighted by atomic mass is 79.9. The Balaban J connectivity index is 0.00000161. The van der Waals surface area contributed by atoms with E-state index in [1.807, 2.05) is 24.3 Å². The summed E-state index contributed by atoms with van der Waals surface area (Å²) in [5.41, 5.74) is 1.08. The fraction of sp³-hybridized carbons (Fsp3) is 0.375. The predicted molar refractivity (Wildman–Crippen MR) is 92.6 cm³/mol. The van der Waals surface area contributed by atoms with Crippen LogP contribution in [-0.2, 0) is 15.3 Å². The summed E-state index contributed by atoms with van der Waals surface area (Å²) in [5, 5.41) is 2.93. The Bertz CT molecular complexity index is 551. The molecule has 0 radical (unpaired) electrons. The van der Waals surface area contributed by atoms with E-state index in [4.69, 9.17) is 9.47 Å². The first-order valence-electron chi connectivity index (χ1n) is 6.62. The molecule has 3 rings (SSSR count). The largest absolute Gasteiger partial charge is 0.341 e. The molecular formula is C16H18BrClO2S. The first-order valence-corrected chi connectivity index (χ1v) is 8.62. The van der Waals surface area contributed by atoms with Gasteiger partial charge in [0.25, 0.3) is 0 Å². The Morgan fingerprint density at radius 2 is 1.76 bits per heavy atom. The molecule has 1 aliphatic rings. The van der Waals surface area contributed by atoms with Crippen molar-refractivity contribution in [3.05, 3.63) is 58.3 Å². The molecule has 1 saturated heterocycles. The molecule has 1 fully saturated rings. The summed E-state index contributed by atoms with van der Waals surface area (Å²) in [5.74, 6) is -0.753. The minimum atomic E-state index is -0.753. The van der Waals surface area contributed by atoms with E-state index in [1.54, 1.807) is 11.3 Å². The molecule has 0 unspecified atom stereocenters. The van der Waals surface area contributed by atoms with E-state index < -0.39 is 5.79 Å². The van der Waals surface area contributed by atoms with Crippen molar-refractivity contribution >= 4 is 39.7 Å². The number of hydrogen-bond acceptors (Lipinski definition) is 3. The summed E-state index contributed by atoms with van der Waals surface area (Å²) < 4.78 is 12.5. The standard InChI is InChI=1S/C16H17BrO2S.ClH/c1-15(10-17)11-18-16(19-12-15,14-8-5-9-20-14)13-6-3-2-4-7-13;/h2-9H,10-12H2,1H3;1H. The maximum atomic E-state index is 6.26. The third kappa shape index (κ3) is 3.20. The second-order valence-corrected chi connectivity index (χ2v) is 6.99. The quantitative estimate of drug-likeness (QED) is 0.701. The molecular weight excluding hydrogens is 372 g/mol. The summed E-state index contributed by atoms with van der Waals surface area (Å²) in [4.78, 5) is 1.10. The Kier molecular flexibility index (Phi) is 5.49. The van der Waals surface area contributed by atoms with Crippen LogP contribution < -0.4 is 0 Å². The number of hydrogen-bond donors (Lipinski definition) is 0. The van der Waals surface area contributed by atoms with Crippen molar-refractivity contribution in [1.29, 1.82) is 0 Å². The van der Waals surface area contributed by atoms with Gasteiger partial charge in [0.2, 0.25) is 5.79 Å². The lowest BCUT2D eigenvalue weighted by Gasteiger charge is -2.44. The molecule has 21 heavy (non-hydrogen) atoms. The average molecular weight is 390 g/mol. The number of alkyl halides is 1. The van der Waals surface area contributed by atoms with Gasteiger partial charge in [-0.05, 0) is 11.4 Å². The van der Waals surface area contributed by atoms with E-state index in [1.165, 1.54) is 0 Å². The molecule has 0 amide bonds. The molecule has 1 aliphatic heterocycles. The highest BCUT2D eigenvalue weighted by molar-refractivity contribution is 9.09. The Hall–Kier alpha value is -0.390. The Morgan fingerprint density at radius 1 is 1.10 bits per heavy atom. The van der Waals surface area contributed by atoms with Crippen LogP contribution in [0.3, 0.4) is 0 Å². The zero-order chi connectivity index (χ0) is 14.1. The van der Waals surface area contributed by atoms with Crippen molar-refractivity contribution in [3.63, 3.8) is 0 Å². The summed E-state index contributed by atoms with van der Waals surface area (Å²) in [6.07, 6.45) is 0. The van der Waals surface area contributed by atoms with Crippen molar-refractivity contribution < 1.29 is 9.47 Å². The molecule has 1 aromatic carbocycles. The summed E-state index contributed by atoms with van der Waals surface area (Å²) in [6.45, 7) is 3.52. The second-order valence-electron chi connectivity index (χ2n) is 5.48. The number of benzene rings is 1. The molecule has 0 bridgehead atoms. The van der Waals surface area contributed by atoms with Gasteiger partial charge >= 0.3 is 0 Å². The molecule has 0 saturated carbocycles. The highest BCUT2D eigenvalue weighted by Gasteiger charge is 2.45. The normalized spacial score (nSPS) is 28.9. The van der Waals surface area contributed by atoms with Crippen molar-refractivity contribution in [1.82, 2.24) is 0 Å². The molecule has 2 aromatic rings. The van der Waals surface area contributed by atoms with Gasteiger partial charge in [-0.3, -0.25) is 0 Å². The maximum Gasteiger partial charge on any atom is 0.231 e. The molecule has 0 N–H and O–H groups in total. The van der Waals surface area contributed by atoms with Crippen molar-refractivity contribution in [2.75, 3.05) is 18.5 Å². The van der Waals surface area contributed by atoms with Gasteiger partial charge in [-0.1, -0.05) is 59.3 Å². The Morgan fingerprint density at radius 3 is 2.29 bits per heavy atom. The van der Waals surface area contributed by atoms with Gasteiger partial charge in [0.1, 0.15) is 0 Å². The van der Waals surface area contributed by atoms with Crippen LogP contribution in [0.1, 0.15) is 17.4 Å². The highest BCUT2D eigenvalue weighted by Crippen LogP contribution is 2.43. The molecule has 0 spiro atoms. The van der Waals surface area contributed by atoms with Crippen LogP contribution in [0, 0.1) is 5.41 Å². The van der Waals surface area contributed by atoms with Crippen LogP contribution in [0.4, 0.5) is 0 Å². The SMILES string of the molecule is CC1(CBr)COC(c2ccccc2)(c2cccs2)OC1.Cl. The molecule has 2 nitrogen and oxygen atoms in total. The number of ether oxygens (including phenoxy) is 2.